The molecule has 7 nitrogen and oxygen atoms in total. The van der Waals surface area contributed by atoms with E-state index >= 15 is 0 Å². The molecule has 7 heteroatoms. The Kier molecular flexibility index (Phi) is 4.63. The predicted molar refractivity (Wildman–Crippen MR) is 109 cm³/mol. The average Bonchev–Trinajstić information content (AvgIpc) is 3.05. The number of amides is 2. The number of imidazole rings is 1. The number of benzene rings is 2. The van der Waals surface area contributed by atoms with Crippen LogP contribution in [-0.2, 0) is 0 Å². The number of fused-ring (bicyclic) bond motifs is 1. The molecule has 0 saturated heterocycles. The largest absolute Gasteiger partial charge is 0.497 e. The van der Waals surface area contributed by atoms with Crippen LogP contribution in [-0.4, -0.2) is 27.5 Å². The van der Waals surface area contributed by atoms with Gasteiger partial charge in [-0.2, -0.15) is 0 Å². The molecule has 0 unspecified atom stereocenters. The number of methoxy groups -OCH3 is 1. The standard InChI is InChI=1S/C21H19N5O2/c1-14-19(25-20-22-10-5-11-26(14)20)15-6-3-7-16(12-15)23-21(27)24-17-8-4-9-18(13-17)28-2/h3-13H,1-2H3,(H2,23,24,27). The van der Waals surface area contributed by atoms with E-state index in [2.05, 4.69) is 20.6 Å². The predicted octanol–water partition coefficient (Wildman–Crippen LogP) is 4.36. The first-order chi connectivity index (χ1) is 13.6. The summed E-state index contributed by atoms with van der Waals surface area (Å²) in [5.41, 5.74) is 4.04. The summed E-state index contributed by atoms with van der Waals surface area (Å²) in [5, 5.41) is 5.65. The lowest BCUT2D eigenvalue weighted by Crippen LogP contribution is -2.19. The molecule has 0 bridgehead atoms. The topological polar surface area (TPSA) is 80.5 Å². The van der Waals surface area contributed by atoms with Crippen LogP contribution >= 0.6 is 0 Å². The number of aryl methyl sites for hydroxylation is 1. The monoisotopic (exact) mass is 373 g/mol. The molecule has 0 radical (unpaired) electrons. The lowest BCUT2D eigenvalue weighted by atomic mass is 10.1. The zero-order valence-electron chi connectivity index (χ0n) is 15.5. The molecule has 0 spiro atoms. The van der Waals surface area contributed by atoms with Gasteiger partial charge in [0.05, 0.1) is 12.8 Å². The minimum atomic E-state index is -0.334. The van der Waals surface area contributed by atoms with Crippen LogP contribution in [0, 0.1) is 6.92 Å². The second kappa shape index (κ2) is 7.40. The average molecular weight is 373 g/mol. The number of aromatic nitrogens is 3. The third kappa shape index (κ3) is 3.50. The van der Waals surface area contributed by atoms with Gasteiger partial charge in [-0.05, 0) is 37.3 Å². The zero-order valence-corrected chi connectivity index (χ0v) is 15.5. The highest BCUT2D eigenvalue weighted by Gasteiger charge is 2.12. The maximum atomic E-state index is 12.3. The highest BCUT2D eigenvalue weighted by atomic mass is 16.5. The lowest BCUT2D eigenvalue weighted by molar-refractivity contribution is 0.262. The van der Waals surface area contributed by atoms with E-state index in [1.165, 1.54) is 0 Å². The summed E-state index contributed by atoms with van der Waals surface area (Å²) in [5.74, 6) is 1.32. The molecule has 0 aliphatic heterocycles. The van der Waals surface area contributed by atoms with E-state index < -0.39 is 0 Å². The number of nitrogens with one attached hydrogen (secondary N) is 2. The van der Waals surface area contributed by atoms with Crippen molar-refractivity contribution in [1.29, 1.82) is 0 Å². The molecule has 4 rings (SSSR count). The number of urea groups is 1. The summed E-state index contributed by atoms with van der Waals surface area (Å²) in [4.78, 5) is 21.2. The molecule has 0 atom stereocenters. The Balaban J connectivity index is 1.55. The zero-order chi connectivity index (χ0) is 19.5. The van der Waals surface area contributed by atoms with Crippen LogP contribution in [0.25, 0.3) is 17.0 Å². The Bertz CT molecular complexity index is 1150. The Hall–Kier alpha value is -3.87. The summed E-state index contributed by atoms with van der Waals surface area (Å²) < 4.78 is 7.11. The van der Waals surface area contributed by atoms with Crippen LogP contribution in [0.15, 0.2) is 67.0 Å². The normalized spacial score (nSPS) is 10.6. The second-order valence-corrected chi connectivity index (χ2v) is 6.23. The number of hydrogen-bond donors (Lipinski definition) is 2. The van der Waals surface area contributed by atoms with Crippen molar-refractivity contribution in [1.82, 2.24) is 14.4 Å². The van der Waals surface area contributed by atoms with E-state index in [1.54, 1.807) is 25.4 Å². The molecule has 2 aromatic heterocycles. The molecule has 2 N–H and O–H groups in total. The molecule has 2 heterocycles. The maximum Gasteiger partial charge on any atom is 0.323 e. The number of carbonyl (C=O) groups is 1. The minimum absolute atomic E-state index is 0.334. The van der Waals surface area contributed by atoms with Crippen molar-refractivity contribution >= 4 is 23.2 Å². The molecule has 2 amide bonds. The van der Waals surface area contributed by atoms with E-state index in [1.807, 2.05) is 60.0 Å². The highest BCUT2D eigenvalue weighted by molar-refractivity contribution is 6.00. The molecule has 28 heavy (non-hydrogen) atoms. The van der Waals surface area contributed by atoms with Crippen molar-refractivity contribution in [3.05, 3.63) is 72.7 Å². The van der Waals surface area contributed by atoms with E-state index in [0.717, 1.165) is 17.0 Å². The first kappa shape index (κ1) is 17.5. The van der Waals surface area contributed by atoms with Crippen LogP contribution < -0.4 is 15.4 Å². The van der Waals surface area contributed by atoms with Crippen LogP contribution in [0.1, 0.15) is 5.69 Å². The number of hydrogen-bond acceptors (Lipinski definition) is 4. The van der Waals surface area contributed by atoms with Crippen LogP contribution in [0.4, 0.5) is 16.2 Å². The first-order valence-electron chi connectivity index (χ1n) is 8.76. The fourth-order valence-corrected chi connectivity index (χ4v) is 3.01. The van der Waals surface area contributed by atoms with Gasteiger partial charge in [-0.15, -0.1) is 0 Å². The van der Waals surface area contributed by atoms with Crippen molar-refractivity contribution in [2.45, 2.75) is 6.92 Å². The fraction of sp³-hybridized carbons (Fsp3) is 0.0952. The van der Waals surface area contributed by atoms with Gasteiger partial charge in [-0.3, -0.25) is 4.40 Å². The van der Waals surface area contributed by atoms with E-state index in [0.29, 0.717) is 22.9 Å². The van der Waals surface area contributed by atoms with Crippen LogP contribution in [0.2, 0.25) is 0 Å². The summed E-state index contributed by atoms with van der Waals surface area (Å²) in [6.45, 7) is 1.99. The molecule has 0 aliphatic carbocycles. The van der Waals surface area contributed by atoms with Crippen molar-refractivity contribution < 1.29 is 9.53 Å². The Morgan fingerprint density at radius 3 is 2.54 bits per heavy atom. The molecular formula is C21H19N5O2. The molecule has 4 aromatic rings. The van der Waals surface area contributed by atoms with Gasteiger partial charge >= 0.3 is 6.03 Å². The van der Waals surface area contributed by atoms with Crippen molar-refractivity contribution in [2.75, 3.05) is 17.7 Å². The molecular weight excluding hydrogens is 354 g/mol. The van der Waals surface area contributed by atoms with Gasteiger partial charge < -0.3 is 15.4 Å². The first-order valence-corrected chi connectivity index (χ1v) is 8.76. The second-order valence-electron chi connectivity index (χ2n) is 6.23. The van der Waals surface area contributed by atoms with Crippen molar-refractivity contribution in [3.8, 4) is 17.0 Å². The number of rotatable bonds is 4. The molecule has 0 saturated carbocycles. The Morgan fingerprint density at radius 1 is 1.04 bits per heavy atom. The quantitative estimate of drug-likeness (QED) is 0.557. The third-order valence-electron chi connectivity index (χ3n) is 4.36. The van der Waals surface area contributed by atoms with Gasteiger partial charge in [0.1, 0.15) is 5.75 Å². The molecule has 140 valence electrons. The summed E-state index contributed by atoms with van der Waals surface area (Å²) in [6, 6.07) is 16.3. The highest BCUT2D eigenvalue weighted by Crippen LogP contribution is 2.26. The lowest BCUT2D eigenvalue weighted by Gasteiger charge is -2.10. The van der Waals surface area contributed by atoms with Gasteiger partial charge in [0.25, 0.3) is 0 Å². The van der Waals surface area contributed by atoms with Crippen molar-refractivity contribution in [2.24, 2.45) is 0 Å². The van der Waals surface area contributed by atoms with Gasteiger partial charge in [-0.1, -0.05) is 18.2 Å². The Labute approximate surface area is 162 Å². The number of ether oxygens (including phenoxy) is 1. The van der Waals surface area contributed by atoms with Gasteiger partial charge in [0.15, 0.2) is 0 Å². The molecule has 0 aliphatic rings. The third-order valence-corrected chi connectivity index (χ3v) is 4.36. The molecule has 0 fully saturated rings. The van der Waals surface area contributed by atoms with E-state index in [-0.39, 0.29) is 6.03 Å². The molecule has 2 aromatic carbocycles. The SMILES string of the molecule is COc1cccc(NC(=O)Nc2cccc(-c3nc4ncccn4c3C)c2)c1. The minimum Gasteiger partial charge on any atom is -0.497 e. The van der Waals surface area contributed by atoms with E-state index in [9.17, 15) is 4.79 Å². The van der Waals surface area contributed by atoms with Gasteiger partial charge in [0, 0.05) is 41.1 Å². The van der Waals surface area contributed by atoms with Crippen molar-refractivity contribution in [3.63, 3.8) is 0 Å². The van der Waals surface area contributed by atoms with Crippen LogP contribution in [0.3, 0.4) is 0 Å². The van der Waals surface area contributed by atoms with Gasteiger partial charge in [0.2, 0.25) is 5.78 Å². The van der Waals surface area contributed by atoms with Crippen LogP contribution in [0.5, 0.6) is 5.75 Å². The summed E-state index contributed by atoms with van der Waals surface area (Å²) >= 11 is 0. The smallest absolute Gasteiger partial charge is 0.323 e. The number of carbonyl (C=O) groups excluding carboxylic acids is 1. The number of anilines is 2. The maximum absolute atomic E-state index is 12.3. The van der Waals surface area contributed by atoms with Gasteiger partial charge in [-0.25, -0.2) is 14.8 Å². The summed E-state index contributed by atoms with van der Waals surface area (Å²) in [6.07, 6.45) is 3.64. The van der Waals surface area contributed by atoms with E-state index in [4.69, 9.17) is 4.74 Å². The fourth-order valence-electron chi connectivity index (χ4n) is 3.01. The summed E-state index contributed by atoms with van der Waals surface area (Å²) in [7, 11) is 1.58. The number of nitrogens with zero attached hydrogens (tertiary/aromatic N) is 3. The Morgan fingerprint density at radius 2 is 1.79 bits per heavy atom.